The van der Waals surface area contributed by atoms with Crippen molar-refractivity contribution in [1.29, 1.82) is 0 Å². The van der Waals surface area contributed by atoms with Crippen molar-refractivity contribution in [2.45, 2.75) is 51.1 Å². The second-order valence-electron chi connectivity index (χ2n) is 8.83. The van der Waals surface area contributed by atoms with Crippen LogP contribution in [0.4, 0.5) is 13.2 Å². The number of benzene rings is 2. The molecule has 32 heavy (non-hydrogen) atoms. The van der Waals surface area contributed by atoms with E-state index in [1.807, 2.05) is 19.1 Å². The third-order valence-electron chi connectivity index (χ3n) is 6.73. The van der Waals surface area contributed by atoms with Crippen molar-refractivity contribution in [1.82, 2.24) is 4.90 Å². The van der Waals surface area contributed by atoms with Crippen LogP contribution in [-0.2, 0) is 23.9 Å². The van der Waals surface area contributed by atoms with Gasteiger partial charge in [0.15, 0.2) is 0 Å². The summed E-state index contributed by atoms with van der Waals surface area (Å²) in [5.74, 6) is 0.638. The summed E-state index contributed by atoms with van der Waals surface area (Å²) in [7, 11) is 0. The molecule has 0 aliphatic carbocycles. The van der Waals surface area contributed by atoms with E-state index < -0.39 is 11.7 Å². The lowest BCUT2D eigenvalue weighted by molar-refractivity contribution is -0.137. The lowest BCUT2D eigenvalue weighted by Gasteiger charge is -2.40. The average Bonchev–Trinajstić information content (AvgIpc) is 2.77. The minimum absolute atomic E-state index is 0.0294. The molecule has 4 rings (SSSR count). The van der Waals surface area contributed by atoms with Crippen LogP contribution in [0, 0.1) is 12.8 Å². The van der Waals surface area contributed by atoms with Gasteiger partial charge in [-0.15, -0.1) is 0 Å². The minimum Gasteiger partial charge on any atom is -0.507 e. The van der Waals surface area contributed by atoms with Crippen molar-refractivity contribution in [3.8, 4) is 5.75 Å². The van der Waals surface area contributed by atoms with Gasteiger partial charge < -0.3 is 15.6 Å². The molecule has 2 atom stereocenters. The van der Waals surface area contributed by atoms with Crippen LogP contribution in [0.1, 0.15) is 46.8 Å². The molecule has 3 N–H and O–H groups in total. The van der Waals surface area contributed by atoms with Crippen LogP contribution in [-0.4, -0.2) is 35.7 Å². The van der Waals surface area contributed by atoms with Crippen LogP contribution in [0.5, 0.6) is 5.75 Å². The Morgan fingerprint density at radius 3 is 2.56 bits per heavy atom. The number of ether oxygens (including phenoxy) is 1. The van der Waals surface area contributed by atoms with Gasteiger partial charge in [-0.25, -0.2) is 0 Å². The quantitative estimate of drug-likeness (QED) is 0.645. The molecular weight excluding hydrogens is 441 g/mol. The molecule has 0 spiro atoms. The van der Waals surface area contributed by atoms with Crippen LogP contribution in [0.15, 0.2) is 30.3 Å². The number of nitrogens with two attached hydrogens (primary N) is 1. The van der Waals surface area contributed by atoms with Gasteiger partial charge in [-0.05, 0) is 67.6 Å². The highest BCUT2D eigenvalue weighted by Crippen LogP contribution is 2.40. The van der Waals surface area contributed by atoms with Crippen LogP contribution in [0.2, 0.25) is 5.02 Å². The van der Waals surface area contributed by atoms with E-state index in [0.717, 1.165) is 48.7 Å². The van der Waals surface area contributed by atoms with Gasteiger partial charge in [0.1, 0.15) is 5.75 Å². The molecule has 0 unspecified atom stereocenters. The van der Waals surface area contributed by atoms with Crippen molar-refractivity contribution in [2.24, 2.45) is 11.7 Å². The molecule has 4 nitrogen and oxygen atoms in total. The predicted octanol–water partition coefficient (Wildman–Crippen LogP) is 5.23. The zero-order chi connectivity index (χ0) is 23.0. The summed E-state index contributed by atoms with van der Waals surface area (Å²) in [6.07, 6.45) is -2.32. The van der Waals surface area contributed by atoms with E-state index in [1.165, 1.54) is 6.07 Å². The molecular formula is C24H28ClF3N2O2. The minimum atomic E-state index is -4.46. The molecule has 0 aromatic heterocycles. The third kappa shape index (κ3) is 4.76. The second-order valence-corrected chi connectivity index (χ2v) is 9.23. The number of phenols is 1. The Labute approximate surface area is 191 Å². The van der Waals surface area contributed by atoms with Crippen molar-refractivity contribution in [3.05, 3.63) is 63.2 Å². The molecule has 0 saturated carbocycles. The van der Waals surface area contributed by atoms with Crippen LogP contribution >= 0.6 is 11.6 Å². The van der Waals surface area contributed by atoms with Crippen molar-refractivity contribution in [3.63, 3.8) is 0 Å². The number of piperidine rings is 1. The highest BCUT2D eigenvalue weighted by molar-refractivity contribution is 6.31. The van der Waals surface area contributed by atoms with E-state index in [9.17, 15) is 18.3 Å². The normalized spacial score (nSPS) is 22.7. The molecule has 2 aromatic carbocycles. The maximum absolute atomic E-state index is 13.1. The monoisotopic (exact) mass is 468 g/mol. The van der Waals surface area contributed by atoms with Gasteiger partial charge in [-0.2, -0.15) is 13.2 Å². The second kappa shape index (κ2) is 9.21. The molecule has 0 radical (unpaired) electrons. The Hall–Kier alpha value is -1.80. The van der Waals surface area contributed by atoms with Crippen LogP contribution in [0.3, 0.4) is 0 Å². The zero-order valence-electron chi connectivity index (χ0n) is 18.0. The molecule has 1 fully saturated rings. The maximum Gasteiger partial charge on any atom is 0.417 e. The zero-order valence-corrected chi connectivity index (χ0v) is 18.7. The van der Waals surface area contributed by atoms with Crippen LogP contribution in [0.25, 0.3) is 0 Å². The molecule has 2 aliphatic heterocycles. The Bertz CT molecular complexity index is 974. The molecule has 2 heterocycles. The largest absolute Gasteiger partial charge is 0.507 e. The Kier molecular flexibility index (Phi) is 6.73. The first-order valence-electron chi connectivity index (χ1n) is 10.9. The van der Waals surface area contributed by atoms with E-state index in [1.54, 1.807) is 6.07 Å². The first-order chi connectivity index (χ1) is 15.2. The number of alkyl halides is 3. The Morgan fingerprint density at radius 1 is 1.19 bits per heavy atom. The molecule has 1 saturated heterocycles. The van der Waals surface area contributed by atoms with Crippen molar-refractivity contribution in [2.75, 3.05) is 19.6 Å². The van der Waals surface area contributed by atoms with E-state index in [4.69, 9.17) is 22.1 Å². The molecule has 0 bridgehead atoms. The summed E-state index contributed by atoms with van der Waals surface area (Å²) in [5.41, 5.74) is 8.51. The summed E-state index contributed by atoms with van der Waals surface area (Å²) in [5, 5.41) is 10.3. The van der Waals surface area contributed by atoms with Gasteiger partial charge in [-0.1, -0.05) is 29.8 Å². The summed E-state index contributed by atoms with van der Waals surface area (Å²) < 4.78 is 45.8. The van der Waals surface area contributed by atoms with Crippen LogP contribution < -0.4 is 5.73 Å². The summed E-state index contributed by atoms with van der Waals surface area (Å²) in [4.78, 5) is 2.17. The highest BCUT2D eigenvalue weighted by atomic mass is 35.5. The molecule has 2 aliphatic rings. The first-order valence-corrected chi connectivity index (χ1v) is 11.3. The number of halogens is 4. The van der Waals surface area contributed by atoms with Gasteiger partial charge in [0.25, 0.3) is 0 Å². The number of likely N-dealkylation sites (tertiary alicyclic amines) is 1. The number of aryl methyl sites for hydroxylation is 1. The van der Waals surface area contributed by atoms with Gasteiger partial charge in [0, 0.05) is 25.1 Å². The van der Waals surface area contributed by atoms with Gasteiger partial charge in [0.05, 0.1) is 22.8 Å². The SMILES string of the molecule is Cc1ccc2c(c1O)C[C@@H](C1CCN(Cc3ccc(Cl)c(C(F)(F)F)c3)CC1)O[C@H]2CN. The first kappa shape index (κ1) is 23.4. The van der Waals surface area contributed by atoms with Gasteiger partial charge >= 0.3 is 6.18 Å². The van der Waals surface area contributed by atoms with Crippen molar-refractivity contribution < 1.29 is 23.0 Å². The third-order valence-corrected chi connectivity index (χ3v) is 7.06. The predicted molar refractivity (Wildman–Crippen MR) is 118 cm³/mol. The molecule has 174 valence electrons. The van der Waals surface area contributed by atoms with Gasteiger partial charge in [-0.3, -0.25) is 4.90 Å². The maximum atomic E-state index is 13.1. The topological polar surface area (TPSA) is 58.7 Å². The van der Waals surface area contributed by atoms with Crippen molar-refractivity contribution >= 4 is 11.6 Å². The highest BCUT2D eigenvalue weighted by Gasteiger charge is 2.36. The van der Waals surface area contributed by atoms with E-state index in [-0.39, 0.29) is 17.2 Å². The summed E-state index contributed by atoms with van der Waals surface area (Å²) >= 11 is 5.74. The molecule has 8 heteroatoms. The molecule has 2 aromatic rings. The lowest BCUT2D eigenvalue weighted by atomic mass is 9.83. The smallest absolute Gasteiger partial charge is 0.417 e. The summed E-state index contributed by atoms with van der Waals surface area (Å²) in [6.45, 7) is 4.23. The number of hydrogen-bond acceptors (Lipinski definition) is 4. The van der Waals surface area contributed by atoms with E-state index in [0.29, 0.717) is 36.7 Å². The fraction of sp³-hybridized carbons (Fsp3) is 0.500. The van der Waals surface area contributed by atoms with E-state index in [2.05, 4.69) is 4.90 Å². The number of aromatic hydroxyl groups is 1. The number of nitrogens with zero attached hydrogens (tertiary/aromatic N) is 1. The van der Waals surface area contributed by atoms with Gasteiger partial charge in [0.2, 0.25) is 0 Å². The summed E-state index contributed by atoms with van der Waals surface area (Å²) in [6, 6.07) is 8.00. The Morgan fingerprint density at radius 2 is 1.91 bits per heavy atom. The lowest BCUT2D eigenvalue weighted by Crippen LogP contribution is -2.42. The molecule has 0 amide bonds. The number of phenolic OH excluding ortho intramolecular Hbond substituents is 1. The van der Waals surface area contributed by atoms with E-state index >= 15 is 0 Å². The number of fused-ring (bicyclic) bond motifs is 1. The fourth-order valence-electron chi connectivity index (χ4n) is 4.91. The average molecular weight is 469 g/mol. The number of rotatable bonds is 4. The fourth-order valence-corrected chi connectivity index (χ4v) is 5.13. The number of hydrogen-bond donors (Lipinski definition) is 2. The standard InChI is InChI=1S/C24H28ClF3N2O2/c1-14-2-4-17-18(23(14)31)11-21(32-22(17)12-29)16-6-8-30(9-7-16)13-15-3-5-20(25)19(10-15)24(26,27)28/h2-5,10,16,21-22,31H,6-9,11-13,29H2,1H3/t21-,22-/m0/s1. The Balaban J connectivity index is 1.41.